The monoisotopic (exact) mass is 476 g/mol. The van der Waals surface area contributed by atoms with Gasteiger partial charge in [-0.3, -0.25) is 9.36 Å². The molecule has 0 spiro atoms. The Labute approximate surface area is 200 Å². The minimum atomic E-state index is -0.719. The van der Waals surface area contributed by atoms with E-state index < -0.39 is 12.0 Å². The minimum absolute atomic E-state index is 0.241. The lowest BCUT2D eigenvalue weighted by molar-refractivity contribution is -0.136. The van der Waals surface area contributed by atoms with Gasteiger partial charge >= 0.3 is 5.97 Å². The quantitative estimate of drug-likeness (QED) is 0.511. The zero-order valence-corrected chi connectivity index (χ0v) is 20.1. The number of hydrogen-bond donors (Lipinski definition) is 0. The summed E-state index contributed by atoms with van der Waals surface area (Å²) in [4.78, 5) is 31.3. The van der Waals surface area contributed by atoms with Crippen molar-refractivity contribution in [3.8, 4) is 11.5 Å². The molecule has 2 heterocycles. The highest BCUT2D eigenvalue weighted by Crippen LogP contribution is 2.35. The number of thiazole rings is 1. The van der Waals surface area contributed by atoms with E-state index in [1.54, 1.807) is 38.3 Å². The van der Waals surface area contributed by atoms with E-state index in [9.17, 15) is 9.59 Å². The van der Waals surface area contributed by atoms with E-state index in [2.05, 4.69) is 4.99 Å². The van der Waals surface area contributed by atoms with Gasteiger partial charge in [-0.05, 0) is 36.3 Å². The van der Waals surface area contributed by atoms with Gasteiger partial charge in [0.15, 0.2) is 16.3 Å². The van der Waals surface area contributed by atoms with Gasteiger partial charge in [0.1, 0.15) is 0 Å². The molecule has 0 N–H and O–H groups in total. The van der Waals surface area contributed by atoms with Crippen LogP contribution in [0.3, 0.4) is 0 Å². The fourth-order valence-corrected chi connectivity index (χ4v) is 4.85. The summed E-state index contributed by atoms with van der Waals surface area (Å²) >= 11 is 1.27. The molecule has 174 valence electrons. The summed E-state index contributed by atoms with van der Waals surface area (Å²) in [6.45, 7) is 1.74. The average molecular weight is 477 g/mol. The van der Waals surface area contributed by atoms with Crippen molar-refractivity contribution in [2.45, 2.75) is 13.0 Å². The van der Waals surface area contributed by atoms with Crippen LogP contribution < -0.4 is 24.4 Å². The topological polar surface area (TPSA) is 79.1 Å². The molecule has 0 saturated heterocycles. The van der Waals surface area contributed by atoms with E-state index in [4.69, 9.17) is 14.2 Å². The van der Waals surface area contributed by atoms with Crippen LogP contribution in [0.4, 0.5) is 0 Å². The number of benzene rings is 2. The fourth-order valence-electron chi connectivity index (χ4n) is 3.86. The Morgan fingerprint density at radius 3 is 2.47 bits per heavy atom. The Hall–Kier alpha value is -3.91. The zero-order chi connectivity index (χ0) is 24.2. The number of esters is 1. The number of allylic oxidation sites excluding steroid dienone is 2. The first-order valence-electron chi connectivity index (χ1n) is 10.5. The minimum Gasteiger partial charge on any atom is -0.493 e. The van der Waals surface area contributed by atoms with Gasteiger partial charge in [-0.1, -0.05) is 59.9 Å². The SMILES string of the molecule is COC(=O)C1=C(C)N=c2s/c(=C/C=C/c3ccccc3)c(=O)n2C1c1ccc(OC)c(OC)c1. The Morgan fingerprint density at radius 1 is 1.06 bits per heavy atom. The summed E-state index contributed by atoms with van der Waals surface area (Å²) in [6, 6.07) is 14.4. The molecule has 4 rings (SSSR count). The number of carbonyl (C=O) groups is 1. The first-order valence-corrected chi connectivity index (χ1v) is 11.3. The van der Waals surface area contributed by atoms with Gasteiger partial charge in [-0.25, -0.2) is 9.79 Å². The summed E-state index contributed by atoms with van der Waals surface area (Å²) in [5.74, 6) is 0.496. The summed E-state index contributed by atoms with van der Waals surface area (Å²) in [7, 11) is 4.40. The molecule has 0 aliphatic carbocycles. The maximum atomic E-state index is 13.5. The molecule has 7 nitrogen and oxygen atoms in total. The highest BCUT2D eigenvalue weighted by molar-refractivity contribution is 7.07. The van der Waals surface area contributed by atoms with Crippen LogP contribution >= 0.6 is 11.3 Å². The summed E-state index contributed by atoms with van der Waals surface area (Å²) in [6.07, 6.45) is 5.52. The van der Waals surface area contributed by atoms with Crippen LogP contribution in [0.15, 0.2) is 75.7 Å². The number of rotatable bonds is 6. The molecule has 2 aromatic carbocycles. The number of nitrogens with zero attached hydrogens (tertiary/aromatic N) is 2. The lowest BCUT2D eigenvalue weighted by Gasteiger charge is -2.25. The third-order valence-electron chi connectivity index (χ3n) is 5.49. The van der Waals surface area contributed by atoms with Crippen LogP contribution in [0, 0.1) is 0 Å². The molecule has 0 radical (unpaired) electrons. The van der Waals surface area contributed by atoms with E-state index in [1.807, 2.05) is 42.5 Å². The van der Waals surface area contributed by atoms with Gasteiger partial charge in [-0.15, -0.1) is 0 Å². The van der Waals surface area contributed by atoms with E-state index >= 15 is 0 Å². The van der Waals surface area contributed by atoms with Crippen LogP contribution in [-0.2, 0) is 9.53 Å². The van der Waals surface area contributed by atoms with Gasteiger partial charge in [-0.2, -0.15) is 0 Å². The van der Waals surface area contributed by atoms with E-state index in [0.717, 1.165) is 5.56 Å². The molecule has 0 saturated carbocycles. The van der Waals surface area contributed by atoms with Crippen molar-refractivity contribution in [1.82, 2.24) is 4.57 Å². The predicted octanol–water partition coefficient (Wildman–Crippen LogP) is 3.09. The number of fused-ring (bicyclic) bond motifs is 1. The van der Waals surface area contributed by atoms with Gasteiger partial charge < -0.3 is 14.2 Å². The van der Waals surface area contributed by atoms with Crippen molar-refractivity contribution in [3.05, 3.63) is 96.7 Å². The zero-order valence-electron chi connectivity index (χ0n) is 19.3. The van der Waals surface area contributed by atoms with Crippen LogP contribution in [-0.4, -0.2) is 31.9 Å². The number of carbonyl (C=O) groups excluding carboxylic acids is 1. The predicted molar refractivity (Wildman–Crippen MR) is 132 cm³/mol. The second-order valence-electron chi connectivity index (χ2n) is 7.48. The first kappa shape index (κ1) is 23.3. The lowest BCUT2D eigenvalue weighted by Crippen LogP contribution is -2.39. The molecule has 1 atom stereocenters. The first-order chi connectivity index (χ1) is 16.5. The Bertz CT molecular complexity index is 1470. The summed E-state index contributed by atoms with van der Waals surface area (Å²) in [5, 5.41) is 0. The third kappa shape index (κ3) is 4.32. The van der Waals surface area contributed by atoms with Gasteiger partial charge in [0.25, 0.3) is 5.56 Å². The number of ether oxygens (including phenoxy) is 3. The maximum Gasteiger partial charge on any atom is 0.338 e. The molecule has 8 heteroatoms. The highest BCUT2D eigenvalue weighted by atomic mass is 32.1. The average Bonchev–Trinajstić information content (AvgIpc) is 3.17. The molecule has 1 aromatic heterocycles. The molecule has 1 aliphatic rings. The van der Waals surface area contributed by atoms with Crippen molar-refractivity contribution < 1.29 is 19.0 Å². The van der Waals surface area contributed by atoms with E-state index in [0.29, 0.717) is 37.7 Å². The summed E-state index contributed by atoms with van der Waals surface area (Å²) < 4.78 is 17.9. The lowest BCUT2D eigenvalue weighted by atomic mass is 9.95. The maximum absolute atomic E-state index is 13.5. The van der Waals surface area contributed by atoms with Crippen LogP contribution in [0.25, 0.3) is 12.2 Å². The second-order valence-corrected chi connectivity index (χ2v) is 8.49. The largest absolute Gasteiger partial charge is 0.493 e. The Kier molecular flexibility index (Phi) is 6.79. The van der Waals surface area contributed by atoms with Crippen LogP contribution in [0.1, 0.15) is 24.1 Å². The Balaban J connectivity index is 1.89. The number of aromatic nitrogens is 1. The smallest absolute Gasteiger partial charge is 0.338 e. The van der Waals surface area contributed by atoms with Crippen molar-refractivity contribution in [3.63, 3.8) is 0 Å². The standard InChI is InChI=1S/C26H24N2O5S/c1-16-22(25(30)33-4)23(18-13-14-19(31-2)20(15-18)32-3)28-24(29)21(34-26(28)27-16)12-8-11-17-9-6-5-7-10-17/h5-15,23H,1-4H3/b11-8+,21-12+. The van der Waals surface area contributed by atoms with Crippen molar-refractivity contribution in [2.24, 2.45) is 4.99 Å². The fraction of sp³-hybridized carbons (Fsp3) is 0.192. The molecule has 3 aromatic rings. The molecule has 0 fully saturated rings. The molecular formula is C26H24N2O5S. The molecule has 34 heavy (non-hydrogen) atoms. The van der Waals surface area contributed by atoms with Crippen molar-refractivity contribution >= 4 is 29.5 Å². The molecule has 0 amide bonds. The van der Waals surface area contributed by atoms with Gasteiger partial charge in [0, 0.05) is 0 Å². The molecular weight excluding hydrogens is 452 g/mol. The van der Waals surface area contributed by atoms with E-state index in [-0.39, 0.29) is 5.56 Å². The van der Waals surface area contributed by atoms with Gasteiger partial charge in [0.2, 0.25) is 0 Å². The van der Waals surface area contributed by atoms with Crippen LogP contribution in [0.2, 0.25) is 0 Å². The van der Waals surface area contributed by atoms with E-state index in [1.165, 1.54) is 30.1 Å². The third-order valence-corrected chi connectivity index (χ3v) is 6.49. The second kappa shape index (κ2) is 9.93. The summed E-state index contributed by atoms with van der Waals surface area (Å²) in [5.41, 5.74) is 2.27. The van der Waals surface area contributed by atoms with Gasteiger partial charge in [0.05, 0.1) is 43.2 Å². The molecule has 0 bridgehead atoms. The number of hydrogen-bond acceptors (Lipinski definition) is 7. The van der Waals surface area contributed by atoms with Crippen molar-refractivity contribution in [1.29, 1.82) is 0 Å². The number of methoxy groups -OCH3 is 3. The molecule has 1 unspecified atom stereocenters. The van der Waals surface area contributed by atoms with Crippen molar-refractivity contribution in [2.75, 3.05) is 21.3 Å². The molecule has 1 aliphatic heterocycles. The normalized spacial score (nSPS) is 15.8. The Morgan fingerprint density at radius 2 is 1.79 bits per heavy atom. The van der Waals surface area contributed by atoms with Crippen LogP contribution in [0.5, 0.6) is 11.5 Å². The highest BCUT2D eigenvalue weighted by Gasteiger charge is 2.33.